The third-order valence-corrected chi connectivity index (χ3v) is 5.43. The molecule has 0 saturated carbocycles. The number of amides is 3. The molecule has 1 saturated heterocycles. The van der Waals surface area contributed by atoms with Crippen molar-refractivity contribution in [3.63, 3.8) is 0 Å². The summed E-state index contributed by atoms with van der Waals surface area (Å²) in [6, 6.07) is 7.01. The lowest BCUT2D eigenvalue weighted by molar-refractivity contribution is -0.160. The Labute approximate surface area is 176 Å². The molecular weight excluding hydrogens is 386 g/mol. The van der Waals surface area contributed by atoms with Crippen LogP contribution in [-0.4, -0.2) is 54.3 Å². The molecule has 0 aliphatic carbocycles. The Kier molecular flexibility index (Phi) is 6.14. The lowest BCUT2D eigenvalue weighted by atomic mass is 9.91. The monoisotopic (exact) mass is 415 g/mol. The number of likely N-dealkylation sites (tertiary alicyclic amines) is 1. The summed E-state index contributed by atoms with van der Waals surface area (Å²) >= 11 is 0. The zero-order valence-electron chi connectivity index (χ0n) is 17.9. The van der Waals surface area contributed by atoms with Gasteiger partial charge in [0.05, 0.1) is 17.3 Å². The van der Waals surface area contributed by atoms with Gasteiger partial charge < -0.3 is 15.0 Å². The maximum absolute atomic E-state index is 12.9. The number of nitrogens with one attached hydrogen (secondary N) is 1. The minimum atomic E-state index is -1.01. The summed E-state index contributed by atoms with van der Waals surface area (Å²) in [5.41, 5.74) is 0.682. The van der Waals surface area contributed by atoms with Gasteiger partial charge in [-0.05, 0) is 31.9 Å². The minimum Gasteiger partial charge on any atom is -0.452 e. The van der Waals surface area contributed by atoms with Crippen LogP contribution in [0.4, 0.5) is 11.4 Å². The van der Waals surface area contributed by atoms with E-state index in [4.69, 9.17) is 4.74 Å². The van der Waals surface area contributed by atoms with Crippen LogP contribution in [0, 0.1) is 11.3 Å². The van der Waals surface area contributed by atoms with Crippen molar-refractivity contribution in [3.05, 3.63) is 24.3 Å². The molecule has 0 aromatic heterocycles. The van der Waals surface area contributed by atoms with E-state index < -0.39 is 23.4 Å². The van der Waals surface area contributed by atoms with E-state index in [1.165, 1.54) is 11.8 Å². The van der Waals surface area contributed by atoms with Crippen LogP contribution >= 0.6 is 0 Å². The number of fused-ring (bicyclic) bond motifs is 1. The predicted octanol–water partition coefficient (Wildman–Crippen LogP) is 2.19. The Morgan fingerprint density at radius 2 is 1.77 bits per heavy atom. The van der Waals surface area contributed by atoms with Crippen LogP contribution < -0.4 is 10.2 Å². The largest absolute Gasteiger partial charge is 0.452 e. The molecule has 8 nitrogen and oxygen atoms in total. The van der Waals surface area contributed by atoms with Crippen LogP contribution in [0.3, 0.4) is 0 Å². The second kappa shape index (κ2) is 8.45. The first-order chi connectivity index (χ1) is 14.1. The molecule has 8 heteroatoms. The molecule has 3 rings (SSSR count). The fourth-order valence-electron chi connectivity index (χ4n) is 3.76. The van der Waals surface area contributed by atoms with E-state index in [1.54, 1.807) is 29.2 Å². The molecule has 1 fully saturated rings. The molecule has 2 aliphatic heterocycles. The topological polar surface area (TPSA) is 96.0 Å². The molecule has 0 radical (unpaired) electrons. The summed E-state index contributed by atoms with van der Waals surface area (Å²) in [6.07, 6.45) is 0.0123. The first kappa shape index (κ1) is 21.8. The van der Waals surface area contributed by atoms with E-state index in [0.717, 1.165) is 0 Å². The van der Waals surface area contributed by atoms with Crippen LogP contribution in [0.25, 0.3) is 0 Å². The Morgan fingerprint density at radius 3 is 2.40 bits per heavy atom. The molecule has 30 heavy (non-hydrogen) atoms. The number of piperidine rings is 1. The van der Waals surface area contributed by atoms with Crippen LogP contribution in [0.1, 0.15) is 40.5 Å². The Balaban J connectivity index is 1.58. The molecular formula is C22H29N3O5. The van der Waals surface area contributed by atoms with Gasteiger partial charge in [-0.15, -0.1) is 0 Å². The predicted molar refractivity (Wildman–Crippen MR) is 112 cm³/mol. The zero-order chi connectivity index (χ0) is 22.1. The van der Waals surface area contributed by atoms with Crippen molar-refractivity contribution >= 4 is 35.1 Å². The summed E-state index contributed by atoms with van der Waals surface area (Å²) < 4.78 is 5.45. The molecule has 0 bridgehead atoms. The minimum absolute atomic E-state index is 0.0694. The molecule has 1 atom stereocenters. The second-order valence-corrected chi connectivity index (χ2v) is 8.89. The van der Waals surface area contributed by atoms with Crippen molar-refractivity contribution in [2.75, 3.05) is 29.9 Å². The van der Waals surface area contributed by atoms with Crippen molar-refractivity contribution in [1.29, 1.82) is 0 Å². The van der Waals surface area contributed by atoms with E-state index in [0.29, 0.717) is 37.3 Å². The third-order valence-electron chi connectivity index (χ3n) is 5.43. The van der Waals surface area contributed by atoms with Crippen LogP contribution in [0.15, 0.2) is 24.3 Å². The van der Waals surface area contributed by atoms with Crippen molar-refractivity contribution in [3.8, 4) is 0 Å². The van der Waals surface area contributed by atoms with Crippen molar-refractivity contribution in [2.45, 2.75) is 46.6 Å². The average Bonchev–Trinajstić information content (AvgIpc) is 2.71. The summed E-state index contributed by atoms with van der Waals surface area (Å²) in [4.78, 5) is 53.0. The van der Waals surface area contributed by atoms with Crippen LogP contribution in [-0.2, 0) is 23.9 Å². The molecule has 0 unspecified atom stereocenters. The van der Waals surface area contributed by atoms with Gasteiger partial charge >= 0.3 is 5.97 Å². The van der Waals surface area contributed by atoms with Crippen molar-refractivity contribution in [2.24, 2.45) is 11.3 Å². The molecule has 1 aromatic carbocycles. The number of para-hydroxylation sites is 2. The maximum Gasteiger partial charge on any atom is 0.309 e. The normalized spacial score (nSPS) is 18.3. The smallest absolute Gasteiger partial charge is 0.309 e. The molecule has 162 valence electrons. The number of hydrogen-bond donors (Lipinski definition) is 1. The molecule has 1 N–H and O–H groups in total. The Hall–Kier alpha value is -2.90. The lowest BCUT2D eigenvalue weighted by Gasteiger charge is -2.35. The zero-order valence-corrected chi connectivity index (χ0v) is 17.9. The van der Waals surface area contributed by atoms with E-state index >= 15 is 0 Å². The van der Waals surface area contributed by atoms with E-state index in [9.17, 15) is 19.2 Å². The highest BCUT2D eigenvalue weighted by Gasteiger charge is 2.35. The highest BCUT2D eigenvalue weighted by molar-refractivity contribution is 6.11. The van der Waals surface area contributed by atoms with Crippen molar-refractivity contribution < 1.29 is 23.9 Å². The van der Waals surface area contributed by atoms with E-state index in [1.807, 2.05) is 20.8 Å². The Morgan fingerprint density at radius 1 is 1.13 bits per heavy atom. The number of ether oxygens (including phenoxy) is 1. The van der Waals surface area contributed by atoms with Gasteiger partial charge in [0.15, 0.2) is 6.10 Å². The number of hydrogen-bond acceptors (Lipinski definition) is 5. The Bertz CT molecular complexity index is 853. The number of carbonyl (C=O) groups excluding carboxylic acids is 4. The molecule has 1 aromatic rings. The highest BCUT2D eigenvalue weighted by Crippen LogP contribution is 2.30. The number of esters is 1. The number of carbonyl (C=O) groups is 4. The first-order valence-electron chi connectivity index (χ1n) is 10.3. The summed E-state index contributed by atoms with van der Waals surface area (Å²) in [5.74, 6) is -1.45. The number of benzene rings is 1. The van der Waals surface area contributed by atoms with Gasteiger partial charge in [0.2, 0.25) is 11.8 Å². The number of nitrogens with zero attached hydrogens (tertiary/aromatic N) is 2. The maximum atomic E-state index is 12.9. The molecule has 2 aliphatic rings. The van der Waals surface area contributed by atoms with Gasteiger partial charge in [0.1, 0.15) is 6.54 Å². The molecule has 2 heterocycles. The number of anilines is 2. The van der Waals surface area contributed by atoms with Gasteiger partial charge in [0.25, 0.3) is 5.91 Å². The van der Waals surface area contributed by atoms with Crippen molar-refractivity contribution in [1.82, 2.24) is 4.90 Å². The SMILES string of the molecule is C[C@H](OC(=O)C1CCN(C(=O)C(C)(C)C)CC1)C(=O)N1CC(=O)Nc2ccccc21. The van der Waals surface area contributed by atoms with E-state index in [2.05, 4.69) is 5.32 Å². The summed E-state index contributed by atoms with van der Waals surface area (Å²) in [7, 11) is 0. The fraction of sp³-hybridized carbons (Fsp3) is 0.545. The molecule has 3 amide bonds. The second-order valence-electron chi connectivity index (χ2n) is 8.89. The standard InChI is InChI=1S/C22H29N3O5/c1-14(19(27)25-13-18(26)23-16-7-5-6-8-17(16)25)30-20(28)15-9-11-24(12-10-15)21(29)22(2,3)4/h5-8,14-15H,9-13H2,1-4H3,(H,23,26)/t14-/m0/s1. The first-order valence-corrected chi connectivity index (χ1v) is 10.3. The third kappa shape index (κ3) is 4.63. The quantitative estimate of drug-likeness (QED) is 0.764. The van der Waals surface area contributed by atoms with Gasteiger partial charge in [-0.25, -0.2) is 0 Å². The summed E-state index contributed by atoms with van der Waals surface area (Å²) in [5, 5.41) is 2.73. The van der Waals surface area contributed by atoms with E-state index in [-0.39, 0.29) is 24.3 Å². The fourth-order valence-corrected chi connectivity index (χ4v) is 3.76. The van der Waals surface area contributed by atoms with Gasteiger partial charge in [-0.1, -0.05) is 32.9 Å². The lowest BCUT2D eigenvalue weighted by Crippen LogP contribution is -2.48. The summed E-state index contributed by atoms with van der Waals surface area (Å²) in [6.45, 7) is 8.03. The van der Waals surface area contributed by atoms with Crippen LogP contribution in [0.5, 0.6) is 0 Å². The number of rotatable bonds is 3. The average molecular weight is 415 g/mol. The van der Waals surface area contributed by atoms with Gasteiger partial charge in [-0.3, -0.25) is 24.1 Å². The molecule has 0 spiro atoms. The van der Waals surface area contributed by atoms with Crippen LogP contribution in [0.2, 0.25) is 0 Å². The van der Waals surface area contributed by atoms with Gasteiger partial charge in [-0.2, -0.15) is 0 Å². The highest BCUT2D eigenvalue weighted by atomic mass is 16.5. The van der Waals surface area contributed by atoms with Gasteiger partial charge in [0, 0.05) is 18.5 Å².